The van der Waals surface area contributed by atoms with Gasteiger partial charge >= 0.3 is 0 Å². The monoisotopic (exact) mass is 447 g/mol. The fraction of sp³-hybridized carbons (Fsp3) is 0.654. The summed E-state index contributed by atoms with van der Waals surface area (Å²) in [4.78, 5) is 24.4. The third kappa shape index (κ3) is 4.58. The van der Waals surface area contributed by atoms with Crippen molar-refractivity contribution in [1.29, 1.82) is 0 Å². The fourth-order valence-electron chi connectivity index (χ4n) is 5.94. The maximum Gasteiger partial charge on any atom is 0.135 e. The summed E-state index contributed by atoms with van der Waals surface area (Å²) in [6, 6.07) is 5.33. The van der Waals surface area contributed by atoms with Crippen LogP contribution in [0.4, 0.5) is 11.6 Å². The molecule has 0 amide bonds. The molecule has 0 atom stereocenters. The van der Waals surface area contributed by atoms with E-state index in [9.17, 15) is 0 Å². The van der Waals surface area contributed by atoms with Gasteiger partial charge < -0.3 is 9.80 Å². The third-order valence-electron chi connectivity index (χ3n) is 8.20. The van der Waals surface area contributed by atoms with Crippen molar-refractivity contribution in [3.63, 3.8) is 0 Å². The Kier molecular flexibility index (Phi) is 6.16. The molecule has 3 aliphatic heterocycles. The number of hydrogen-bond donors (Lipinski definition) is 0. The van der Waals surface area contributed by atoms with Crippen LogP contribution in [0.1, 0.15) is 48.9 Å². The van der Waals surface area contributed by atoms with Crippen LogP contribution in [0.15, 0.2) is 24.7 Å². The molecule has 2 aromatic rings. The molecule has 0 spiro atoms. The minimum absolute atomic E-state index is 0.849. The van der Waals surface area contributed by atoms with E-state index in [1.807, 2.05) is 0 Å². The Morgan fingerprint density at radius 3 is 2.30 bits per heavy atom. The summed E-state index contributed by atoms with van der Waals surface area (Å²) in [7, 11) is 0. The Bertz CT molecular complexity index is 928. The predicted molar refractivity (Wildman–Crippen MR) is 132 cm³/mol. The highest BCUT2D eigenvalue weighted by molar-refractivity contribution is 5.50. The third-order valence-corrected chi connectivity index (χ3v) is 8.20. The molecule has 0 bridgehead atoms. The van der Waals surface area contributed by atoms with Crippen LogP contribution < -0.4 is 9.80 Å². The van der Waals surface area contributed by atoms with Gasteiger partial charge in [-0.25, -0.2) is 15.0 Å². The van der Waals surface area contributed by atoms with Crippen LogP contribution in [0, 0.1) is 0 Å². The molecular weight excluding hydrogens is 410 g/mol. The van der Waals surface area contributed by atoms with E-state index in [1.54, 1.807) is 6.33 Å². The van der Waals surface area contributed by atoms with Gasteiger partial charge in [0.2, 0.25) is 0 Å². The van der Waals surface area contributed by atoms with Crippen molar-refractivity contribution in [2.24, 2.45) is 0 Å². The first-order valence-corrected chi connectivity index (χ1v) is 13.1. The number of anilines is 2. The SMILES string of the molecule is c1nc2c(c(N3CCN(C4CCC4)CC3)n1)CCN(Cc1ccc(N3CCCC3)nc1)CC2. The van der Waals surface area contributed by atoms with E-state index >= 15 is 0 Å². The van der Waals surface area contributed by atoms with Crippen molar-refractivity contribution >= 4 is 11.6 Å². The van der Waals surface area contributed by atoms with E-state index in [1.165, 1.54) is 67.8 Å². The molecule has 0 aromatic carbocycles. The maximum atomic E-state index is 4.78. The number of aromatic nitrogens is 3. The second kappa shape index (κ2) is 9.55. The molecule has 1 saturated carbocycles. The first-order valence-electron chi connectivity index (χ1n) is 13.1. The van der Waals surface area contributed by atoms with Gasteiger partial charge in [-0.3, -0.25) is 9.80 Å². The van der Waals surface area contributed by atoms with Gasteiger partial charge in [0.15, 0.2) is 0 Å². The van der Waals surface area contributed by atoms with E-state index in [-0.39, 0.29) is 0 Å². The topological polar surface area (TPSA) is 51.6 Å². The van der Waals surface area contributed by atoms with Crippen molar-refractivity contribution < 1.29 is 0 Å². The lowest BCUT2D eigenvalue weighted by molar-refractivity contribution is 0.120. The quantitative estimate of drug-likeness (QED) is 0.699. The Morgan fingerprint density at radius 1 is 0.758 bits per heavy atom. The van der Waals surface area contributed by atoms with Gasteiger partial charge in [-0.1, -0.05) is 12.5 Å². The molecule has 5 heterocycles. The first kappa shape index (κ1) is 21.3. The summed E-state index contributed by atoms with van der Waals surface area (Å²) < 4.78 is 0. The summed E-state index contributed by atoms with van der Waals surface area (Å²) in [5.74, 6) is 2.34. The largest absolute Gasteiger partial charge is 0.357 e. The number of fused-ring (bicyclic) bond motifs is 1. The normalized spacial score (nSPS) is 22.8. The second-order valence-electron chi connectivity index (χ2n) is 10.2. The van der Waals surface area contributed by atoms with Crippen LogP contribution >= 0.6 is 0 Å². The Labute approximate surface area is 197 Å². The predicted octanol–water partition coefficient (Wildman–Crippen LogP) is 2.75. The molecule has 33 heavy (non-hydrogen) atoms. The summed E-state index contributed by atoms with van der Waals surface area (Å²) >= 11 is 0. The van der Waals surface area contributed by atoms with Gasteiger partial charge in [-0.2, -0.15) is 0 Å². The number of nitrogens with zero attached hydrogens (tertiary/aromatic N) is 7. The highest BCUT2D eigenvalue weighted by Gasteiger charge is 2.30. The summed E-state index contributed by atoms with van der Waals surface area (Å²) in [5, 5.41) is 0. The fourth-order valence-corrected chi connectivity index (χ4v) is 5.94. The van der Waals surface area contributed by atoms with Crippen LogP contribution in [-0.4, -0.2) is 83.2 Å². The highest BCUT2D eigenvalue weighted by atomic mass is 15.3. The number of hydrogen-bond acceptors (Lipinski definition) is 7. The molecule has 1 aliphatic carbocycles. The highest BCUT2D eigenvalue weighted by Crippen LogP contribution is 2.29. The molecular formula is C26H37N7. The van der Waals surface area contributed by atoms with Crippen molar-refractivity contribution in [3.8, 4) is 0 Å². The lowest BCUT2D eigenvalue weighted by Crippen LogP contribution is -2.52. The van der Waals surface area contributed by atoms with Gasteiger partial charge in [0.05, 0.1) is 5.69 Å². The maximum absolute atomic E-state index is 4.78. The van der Waals surface area contributed by atoms with Gasteiger partial charge in [0.1, 0.15) is 18.0 Å². The van der Waals surface area contributed by atoms with Crippen molar-refractivity contribution in [2.75, 3.05) is 62.2 Å². The minimum Gasteiger partial charge on any atom is -0.357 e. The second-order valence-corrected chi connectivity index (χ2v) is 10.2. The summed E-state index contributed by atoms with van der Waals surface area (Å²) in [6.07, 6.45) is 12.7. The van der Waals surface area contributed by atoms with Gasteiger partial charge in [0.25, 0.3) is 0 Å². The number of rotatable bonds is 5. The molecule has 0 unspecified atom stereocenters. The molecule has 7 heteroatoms. The standard InChI is InChI=1S/C26H37N7/c1-2-11-32(10-1)25-7-6-21(18-27-25)19-30-12-8-23-24(9-13-30)28-20-29-26(23)33-16-14-31(15-17-33)22-4-3-5-22/h6-7,18,20,22H,1-5,8-17,19H2. The Hall–Kier alpha value is -2.25. The summed E-state index contributed by atoms with van der Waals surface area (Å²) in [5.41, 5.74) is 3.95. The van der Waals surface area contributed by atoms with Crippen LogP contribution in [0.5, 0.6) is 0 Å². The summed E-state index contributed by atoms with van der Waals surface area (Å²) in [6.45, 7) is 9.91. The molecule has 0 N–H and O–H groups in total. The molecule has 7 nitrogen and oxygen atoms in total. The molecule has 4 aliphatic rings. The van der Waals surface area contributed by atoms with Gasteiger partial charge in [-0.15, -0.1) is 0 Å². The number of piperazine rings is 1. The lowest BCUT2D eigenvalue weighted by Gasteiger charge is -2.43. The van der Waals surface area contributed by atoms with E-state index in [2.05, 4.69) is 37.9 Å². The Morgan fingerprint density at radius 2 is 1.58 bits per heavy atom. The van der Waals surface area contributed by atoms with Crippen LogP contribution in [-0.2, 0) is 19.4 Å². The van der Waals surface area contributed by atoms with Crippen LogP contribution in [0.2, 0.25) is 0 Å². The van der Waals surface area contributed by atoms with E-state index in [4.69, 9.17) is 15.0 Å². The van der Waals surface area contributed by atoms with Crippen molar-refractivity contribution in [2.45, 2.75) is 57.5 Å². The molecule has 176 valence electrons. The van der Waals surface area contributed by atoms with Gasteiger partial charge in [-0.05, 0) is 43.7 Å². The van der Waals surface area contributed by atoms with Crippen LogP contribution in [0.25, 0.3) is 0 Å². The zero-order chi connectivity index (χ0) is 22.0. The molecule has 0 radical (unpaired) electrons. The minimum atomic E-state index is 0.849. The van der Waals surface area contributed by atoms with E-state index < -0.39 is 0 Å². The zero-order valence-electron chi connectivity index (χ0n) is 19.8. The number of pyridine rings is 1. The zero-order valence-corrected chi connectivity index (χ0v) is 19.8. The van der Waals surface area contributed by atoms with E-state index in [0.717, 1.165) is 70.5 Å². The molecule has 6 rings (SSSR count). The van der Waals surface area contributed by atoms with Crippen molar-refractivity contribution in [3.05, 3.63) is 41.5 Å². The van der Waals surface area contributed by atoms with Gasteiger partial charge in [0, 0.05) is 83.1 Å². The molecule has 3 fully saturated rings. The molecule has 2 aromatic heterocycles. The van der Waals surface area contributed by atoms with E-state index in [0.29, 0.717) is 0 Å². The average molecular weight is 448 g/mol. The van der Waals surface area contributed by atoms with Crippen LogP contribution in [0.3, 0.4) is 0 Å². The average Bonchev–Trinajstić information content (AvgIpc) is 3.28. The molecule has 2 saturated heterocycles. The smallest absolute Gasteiger partial charge is 0.135 e. The first-order chi connectivity index (χ1) is 16.3. The van der Waals surface area contributed by atoms with Crippen molar-refractivity contribution in [1.82, 2.24) is 24.8 Å². The lowest BCUT2D eigenvalue weighted by atomic mass is 9.91. The Balaban J connectivity index is 1.08.